The number of piperidine rings is 1. The highest BCUT2D eigenvalue weighted by Crippen LogP contribution is 2.20. The lowest BCUT2D eigenvalue weighted by Crippen LogP contribution is -2.35. The summed E-state index contributed by atoms with van der Waals surface area (Å²) in [6.07, 6.45) is 4.09. The number of nitrogens with one attached hydrogen (secondary N) is 1. The van der Waals surface area contributed by atoms with Gasteiger partial charge in [-0.05, 0) is 44.0 Å². The van der Waals surface area contributed by atoms with Crippen molar-refractivity contribution in [2.75, 3.05) is 31.5 Å². The molecule has 3 heterocycles. The fourth-order valence-electron chi connectivity index (χ4n) is 3.28. The molecule has 2 aromatic rings. The van der Waals surface area contributed by atoms with E-state index < -0.39 is 0 Å². The number of hydrogen-bond acceptors (Lipinski definition) is 5. The zero-order valence-corrected chi connectivity index (χ0v) is 15.4. The summed E-state index contributed by atoms with van der Waals surface area (Å²) in [5, 5.41) is 16.7. The van der Waals surface area contributed by atoms with Crippen molar-refractivity contribution < 1.29 is 0 Å². The van der Waals surface area contributed by atoms with E-state index in [-0.39, 0.29) is 5.41 Å². The predicted molar refractivity (Wildman–Crippen MR) is 97.4 cm³/mol. The molecule has 6 nitrogen and oxygen atoms in total. The number of fused-ring (bicyclic) bond motifs is 1. The Bertz CT molecular complexity index is 666. The highest BCUT2D eigenvalue weighted by atomic mass is 15.4. The largest absolute Gasteiger partial charge is 0.368 e. The first-order valence-corrected chi connectivity index (χ1v) is 9.12. The third-order valence-electron chi connectivity index (χ3n) is 4.58. The second-order valence-corrected chi connectivity index (χ2v) is 8.11. The van der Waals surface area contributed by atoms with Crippen LogP contribution in [0.3, 0.4) is 0 Å². The summed E-state index contributed by atoms with van der Waals surface area (Å²) >= 11 is 0. The lowest BCUT2D eigenvalue weighted by atomic mass is 9.96. The molecule has 3 rings (SSSR count). The Balaban J connectivity index is 1.62. The van der Waals surface area contributed by atoms with Crippen LogP contribution in [0.4, 0.5) is 5.82 Å². The van der Waals surface area contributed by atoms with Crippen molar-refractivity contribution in [1.29, 1.82) is 0 Å². The average molecular weight is 330 g/mol. The molecule has 0 amide bonds. The van der Waals surface area contributed by atoms with Gasteiger partial charge in [-0.3, -0.25) is 0 Å². The zero-order valence-electron chi connectivity index (χ0n) is 15.4. The van der Waals surface area contributed by atoms with Gasteiger partial charge < -0.3 is 10.2 Å². The topological polar surface area (TPSA) is 58.4 Å². The van der Waals surface area contributed by atoms with Crippen molar-refractivity contribution in [1.82, 2.24) is 24.7 Å². The van der Waals surface area contributed by atoms with Gasteiger partial charge >= 0.3 is 0 Å². The van der Waals surface area contributed by atoms with Gasteiger partial charge in [0.1, 0.15) is 5.82 Å². The zero-order chi connectivity index (χ0) is 17.2. The van der Waals surface area contributed by atoms with E-state index in [9.17, 15) is 0 Å². The maximum atomic E-state index is 4.69. The molecule has 2 aromatic heterocycles. The number of anilines is 1. The van der Waals surface area contributed by atoms with E-state index in [1.165, 1.54) is 32.4 Å². The van der Waals surface area contributed by atoms with E-state index in [1.807, 2.05) is 16.6 Å². The third kappa shape index (κ3) is 4.04. The lowest BCUT2D eigenvalue weighted by molar-refractivity contribution is 0.204. The van der Waals surface area contributed by atoms with Crippen LogP contribution in [0.1, 0.15) is 52.8 Å². The molecule has 132 valence electrons. The molecule has 1 saturated heterocycles. The van der Waals surface area contributed by atoms with Crippen LogP contribution in [0.5, 0.6) is 0 Å². The normalized spacial score (nSPS) is 18.0. The van der Waals surface area contributed by atoms with Gasteiger partial charge in [0.05, 0.1) is 0 Å². The summed E-state index contributed by atoms with van der Waals surface area (Å²) in [5.41, 5.74) is 0.721. The van der Waals surface area contributed by atoms with Gasteiger partial charge in [0.15, 0.2) is 11.5 Å². The van der Waals surface area contributed by atoms with Gasteiger partial charge in [-0.15, -0.1) is 15.3 Å². The first kappa shape index (κ1) is 17.1. The van der Waals surface area contributed by atoms with Crippen molar-refractivity contribution in [3.05, 3.63) is 18.0 Å². The third-order valence-corrected chi connectivity index (χ3v) is 4.58. The molecule has 0 saturated carbocycles. The van der Waals surface area contributed by atoms with Gasteiger partial charge in [-0.2, -0.15) is 4.52 Å². The van der Waals surface area contributed by atoms with Crippen LogP contribution in [-0.4, -0.2) is 50.9 Å². The fraction of sp³-hybridized carbons (Fsp3) is 0.722. The van der Waals surface area contributed by atoms with E-state index in [0.29, 0.717) is 5.92 Å². The molecule has 1 aliphatic rings. The predicted octanol–water partition coefficient (Wildman–Crippen LogP) is 2.96. The number of hydrogen-bond donors (Lipinski definition) is 1. The minimum absolute atomic E-state index is 0.0768. The number of aromatic nitrogens is 4. The number of likely N-dealkylation sites (tertiary alicyclic amines) is 1. The van der Waals surface area contributed by atoms with Crippen LogP contribution < -0.4 is 5.32 Å². The number of rotatable bonds is 5. The van der Waals surface area contributed by atoms with Gasteiger partial charge in [-0.1, -0.05) is 34.1 Å². The molecule has 0 radical (unpaired) electrons. The van der Waals surface area contributed by atoms with Crippen molar-refractivity contribution >= 4 is 11.5 Å². The second kappa shape index (κ2) is 7.05. The fourth-order valence-corrected chi connectivity index (χ4v) is 3.28. The second-order valence-electron chi connectivity index (χ2n) is 8.11. The lowest BCUT2D eigenvalue weighted by Gasteiger charge is -2.29. The molecule has 1 aliphatic heterocycles. The summed E-state index contributed by atoms with van der Waals surface area (Å²) in [7, 11) is 0. The molecule has 1 atom stereocenters. The molecule has 1 unspecified atom stereocenters. The summed E-state index contributed by atoms with van der Waals surface area (Å²) in [6, 6.07) is 3.97. The first-order chi connectivity index (χ1) is 11.4. The van der Waals surface area contributed by atoms with Crippen molar-refractivity contribution in [3.63, 3.8) is 0 Å². The van der Waals surface area contributed by atoms with Crippen molar-refractivity contribution in [2.24, 2.45) is 5.92 Å². The highest BCUT2D eigenvalue weighted by Gasteiger charge is 2.22. The van der Waals surface area contributed by atoms with Crippen molar-refractivity contribution in [3.8, 4) is 0 Å². The molecular weight excluding hydrogens is 300 g/mol. The Morgan fingerprint density at radius 1 is 1.12 bits per heavy atom. The monoisotopic (exact) mass is 330 g/mol. The van der Waals surface area contributed by atoms with Crippen LogP contribution in [0.25, 0.3) is 5.65 Å². The van der Waals surface area contributed by atoms with Crippen LogP contribution in [-0.2, 0) is 5.41 Å². The summed E-state index contributed by atoms with van der Waals surface area (Å²) in [4.78, 5) is 2.59. The van der Waals surface area contributed by atoms with E-state index in [2.05, 4.69) is 53.2 Å². The molecular formula is C18H30N6. The maximum absolute atomic E-state index is 4.69. The van der Waals surface area contributed by atoms with E-state index in [4.69, 9.17) is 0 Å². The van der Waals surface area contributed by atoms with Crippen LogP contribution in [0.2, 0.25) is 0 Å². The van der Waals surface area contributed by atoms with Gasteiger partial charge in [-0.25, -0.2) is 0 Å². The molecule has 0 bridgehead atoms. The Morgan fingerprint density at radius 2 is 1.88 bits per heavy atom. The highest BCUT2D eigenvalue weighted by molar-refractivity contribution is 5.44. The van der Waals surface area contributed by atoms with Crippen LogP contribution in [0.15, 0.2) is 12.1 Å². The maximum Gasteiger partial charge on any atom is 0.178 e. The van der Waals surface area contributed by atoms with Crippen molar-refractivity contribution in [2.45, 2.75) is 52.4 Å². The minimum Gasteiger partial charge on any atom is -0.368 e. The standard InChI is InChI=1S/C18H30N6/c1-14(13-23-10-6-5-7-11-23)12-19-15-8-9-16-20-21-17(18(2,3)4)24(16)22-15/h8-9,14H,5-7,10-13H2,1-4H3,(H,19,22). The van der Waals surface area contributed by atoms with Crippen LogP contribution >= 0.6 is 0 Å². The quantitative estimate of drug-likeness (QED) is 0.913. The summed E-state index contributed by atoms with van der Waals surface area (Å²) < 4.78 is 1.86. The van der Waals surface area contributed by atoms with Gasteiger partial charge in [0.25, 0.3) is 0 Å². The molecule has 6 heteroatoms. The van der Waals surface area contributed by atoms with Crippen LogP contribution in [0, 0.1) is 5.92 Å². The van der Waals surface area contributed by atoms with E-state index >= 15 is 0 Å². The molecule has 0 aliphatic carbocycles. The van der Waals surface area contributed by atoms with E-state index in [1.54, 1.807) is 0 Å². The molecule has 0 spiro atoms. The number of nitrogens with zero attached hydrogens (tertiary/aromatic N) is 5. The Labute approximate surface area is 144 Å². The summed E-state index contributed by atoms with van der Waals surface area (Å²) in [6.45, 7) is 13.3. The molecule has 0 aromatic carbocycles. The Hall–Kier alpha value is -1.69. The summed E-state index contributed by atoms with van der Waals surface area (Å²) in [5.74, 6) is 2.38. The molecule has 1 fully saturated rings. The first-order valence-electron chi connectivity index (χ1n) is 9.12. The smallest absolute Gasteiger partial charge is 0.178 e. The van der Waals surface area contributed by atoms with E-state index in [0.717, 1.165) is 30.4 Å². The van der Waals surface area contributed by atoms with Gasteiger partial charge in [0.2, 0.25) is 0 Å². The van der Waals surface area contributed by atoms with Gasteiger partial charge in [0, 0.05) is 18.5 Å². The Kier molecular flexibility index (Phi) is 5.04. The Morgan fingerprint density at radius 3 is 2.58 bits per heavy atom. The molecule has 1 N–H and O–H groups in total. The average Bonchev–Trinajstić information content (AvgIpc) is 2.97. The SMILES string of the molecule is CC(CNc1ccc2nnc(C(C)(C)C)n2n1)CN1CCCCC1. The minimum atomic E-state index is -0.0768. The molecule has 24 heavy (non-hydrogen) atoms.